The van der Waals surface area contributed by atoms with E-state index < -0.39 is 21.8 Å². The van der Waals surface area contributed by atoms with Crippen molar-refractivity contribution in [1.82, 2.24) is 4.31 Å². The standard InChI is InChI=1S/C12H14Cl2N2O3S/c13-9-3-4-10(14)11(6-9)20(18,19)16-5-1-2-8(7-16)12(15)17/h3-4,6,8H,1-2,5,7H2,(H2,15,17)/t8-/m1/s1. The summed E-state index contributed by atoms with van der Waals surface area (Å²) in [6.07, 6.45) is 1.19. The van der Waals surface area contributed by atoms with E-state index in [1.807, 2.05) is 0 Å². The van der Waals surface area contributed by atoms with Gasteiger partial charge in [-0.1, -0.05) is 23.2 Å². The fraction of sp³-hybridized carbons (Fsp3) is 0.417. The predicted molar refractivity (Wildman–Crippen MR) is 77.1 cm³/mol. The molecule has 1 aromatic rings. The number of carbonyl (C=O) groups excluding carboxylic acids is 1. The molecule has 0 aromatic heterocycles. The average Bonchev–Trinajstić information content (AvgIpc) is 2.41. The molecule has 0 aliphatic carbocycles. The number of nitrogens with zero attached hydrogens (tertiary/aromatic N) is 1. The van der Waals surface area contributed by atoms with Gasteiger partial charge in [0.2, 0.25) is 15.9 Å². The second-order valence-corrected chi connectivity index (χ2v) is 7.43. The second kappa shape index (κ2) is 5.89. The van der Waals surface area contributed by atoms with Gasteiger partial charge in [-0.3, -0.25) is 4.79 Å². The molecule has 0 unspecified atom stereocenters. The molecule has 1 aliphatic rings. The molecule has 1 atom stereocenters. The molecule has 1 aliphatic heterocycles. The minimum atomic E-state index is -3.77. The van der Waals surface area contributed by atoms with Crippen LogP contribution in [0.4, 0.5) is 0 Å². The summed E-state index contributed by atoms with van der Waals surface area (Å²) in [5.41, 5.74) is 5.26. The van der Waals surface area contributed by atoms with Crippen LogP contribution in [-0.2, 0) is 14.8 Å². The maximum atomic E-state index is 12.6. The number of primary amides is 1. The summed E-state index contributed by atoms with van der Waals surface area (Å²) in [7, 11) is -3.77. The van der Waals surface area contributed by atoms with E-state index in [9.17, 15) is 13.2 Å². The number of hydrogen-bond donors (Lipinski definition) is 1. The maximum Gasteiger partial charge on any atom is 0.244 e. The van der Waals surface area contributed by atoms with Crippen molar-refractivity contribution in [2.75, 3.05) is 13.1 Å². The minimum Gasteiger partial charge on any atom is -0.369 e. The maximum absolute atomic E-state index is 12.6. The highest BCUT2D eigenvalue weighted by Gasteiger charge is 2.33. The lowest BCUT2D eigenvalue weighted by molar-refractivity contribution is -0.122. The first kappa shape index (κ1) is 15.6. The van der Waals surface area contributed by atoms with Crippen molar-refractivity contribution in [3.63, 3.8) is 0 Å². The Hall–Kier alpha value is -0.820. The van der Waals surface area contributed by atoms with Crippen LogP contribution in [0.3, 0.4) is 0 Å². The molecular formula is C12H14Cl2N2O3S. The highest BCUT2D eigenvalue weighted by atomic mass is 35.5. The van der Waals surface area contributed by atoms with Crippen LogP contribution in [0.25, 0.3) is 0 Å². The molecule has 1 aromatic carbocycles. The van der Waals surface area contributed by atoms with E-state index in [0.29, 0.717) is 19.4 Å². The van der Waals surface area contributed by atoms with Gasteiger partial charge >= 0.3 is 0 Å². The second-order valence-electron chi connectivity index (χ2n) is 4.68. The lowest BCUT2D eigenvalue weighted by Gasteiger charge is -2.30. The van der Waals surface area contributed by atoms with Crippen LogP contribution in [0.5, 0.6) is 0 Å². The highest BCUT2D eigenvalue weighted by Crippen LogP contribution is 2.30. The Morgan fingerprint density at radius 2 is 2.05 bits per heavy atom. The Kier molecular flexibility index (Phi) is 4.59. The SMILES string of the molecule is NC(=O)[C@@H]1CCCN(S(=O)(=O)c2cc(Cl)ccc2Cl)C1. The third-order valence-electron chi connectivity index (χ3n) is 3.30. The number of rotatable bonds is 3. The zero-order valence-electron chi connectivity index (χ0n) is 10.6. The Balaban J connectivity index is 2.35. The number of sulfonamides is 1. The molecule has 8 heteroatoms. The number of amides is 1. The molecule has 0 bridgehead atoms. The monoisotopic (exact) mass is 336 g/mol. The van der Waals surface area contributed by atoms with Gasteiger partial charge < -0.3 is 5.73 Å². The van der Waals surface area contributed by atoms with E-state index in [-0.39, 0.29) is 21.5 Å². The van der Waals surface area contributed by atoms with E-state index in [0.717, 1.165) is 0 Å². The number of hydrogen-bond acceptors (Lipinski definition) is 3. The molecule has 110 valence electrons. The quantitative estimate of drug-likeness (QED) is 0.914. The molecule has 0 radical (unpaired) electrons. The summed E-state index contributed by atoms with van der Waals surface area (Å²) < 4.78 is 26.4. The van der Waals surface area contributed by atoms with Crippen molar-refractivity contribution in [2.24, 2.45) is 11.7 Å². The molecule has 1 fully saturated rings. The lowest BCUT2D eigenvalue weighted by Crippen LogP contribution is -2.44. The fourth-order valence-electron chi connectivity index (χ4n) is 2.21. The number of carbonyl (C=O) groups is 1. The number of nitrogens with two attached hydrogens (primary N) is 1. The van der Waals surface area contributed by atoms with E-state index >= 15 is 0 Å². The third kappa shape index (κ3) is 3.09. The summed E-state index contributed by atoms with van der Waals surface area (Å²) in [4.78, 5) is 11.2. The molecule has 0 saturated carbocycles. The summed E-state index contributed by atoms with van der Waals surface area (Å²) in [5, 5.41) is 0.395. The van der Waals surface area contributed by atoms with Gasteiger partial charge in [-0.2, -0.15) is 4.31 Å². The van der Waals surface area contributed by atoms with Gasteiger partial charge in [0.25, 0.3) is 0 Å². The van der Waals surface area contributed by atoms with Gasteiger partial charge in [-0.05, 0) is 31.0 Å². The van der Waals surface area contributed by atoms with E-state index in [2.05, 4.69) is 0 Å². The minimum absolute atomic E-state index is 0.0446. The smallest absolute Gasteiger partial charge is 0.244 e. The van der Waals surface area contributed by atoms with E-state index in [1.54, 1.807) is 0 Å². The largest absolute Gasteiger partial charge is 0.369 e. The molecule has 1 saturated heterocycles. The fourth-order valence-corrected chi connectivity index (χ4v) is 4.47. The first-order valence-electron chi connectivity index (χ1n) is 6.07. The van der Waals surface area contributed by atoms with Crippen molar-refractivity contribution >= 4 is 39.1 Å². The topological polar surface area (TPSA) is 80.5 Å². The van der Waals surface area contributed by atoms with E-state index in [1.165, 1.54) is 22.5 Å². The van der Waals surface area contributed by atoms with Crippen molar-refractivity contribution in [3.05, 3.63) is 28.2 Å². The van der Waals surface area contributed by atoms with Crippen LogP contribution in [0.1, 0.15) is 12.8 Å². The van der Waals surface area contributed by atoms with E-state index in [4.69, 9.17) is 28.9 Å². The zero-order valence-corrected chi connectivity index (χ0v) is 12.9. The first-order valence-corrected chi connectivity index (χ1v) is 8.26. The van der Waals surface area contributed by atoms with Crippen LogP contribution in [0.2, 0.25) is 10.0 Å². The number of piperidine rings is 1. The zero-order chi connectivity index (χ0) is 14.9. The first-order chi connectivity index (χ1) is 9.32. The highest BCUT2D eigenvalue weighted by molar-refractivity contribution is 7.89. The van der Waals surface area contributed by atoms with Gasteiger partial charge in [0.1, 0.15) is 4.90 Å². The van der Waals surface area contributed by atoms with Gasteiger partial charge in [0, 0.05) is 18.1 Å². The van der Waals surface area contributed by atoms with Crippen LogP contribution in [0.15, 0.2) is 23.1 Å². The summed E-state index contributed by atoms with van der Waals surface area (Å²) in [5.74, 6) is -0.946. The van der Waals surface area contributed by atoms with Gasteiger partial charge in [0.05, 0.1) is 10.9 Å². The number of halogens is 2. The Bertz CT molecular complexity index is 634. The summed E-state index contributed by atoms with van der Waals surface area (Å²) in [6.45, 7) is 0.426. The summed E-state index contributed by atoms with van der Waals surface area (Å²) in [6, 6.07) is 4.27. The van der Waals surface area contributed by atoms with Crippen molar-refractivity contribution in [3.8, 4) is 0 Å². The van der Waals surface area contributed by atoms with Crippen LogP contribution in [-0.4, -0.2) is 31.7 Å². The van der Waals surface area contributed by atoms with Gasteiger partial charge in [0.15, 0.2) is 0 Å². The third-order valence-corrected chi connectivity index (χ3v) is 5.88. The average molecular weight is 337 g/mol. The van der Waals surface area contributed by atoms with Crippen LogP contribution >= 0.6 is 23.2 Å². The van der Waals surface area contributed by atoms with Gasteiger partial charge in [-0.15, -0.1) is 0 Å². The predicted octanol–water partition coefficient (Wildman–Crippen LogP) is 1.88. The van der Waals surface area contributed by atoms with Crippen LogP contribution < -0.4 is 5.73 Å². The van der Waals surface area contributed by atoms with Crippen molar-refractivity contribution < 1.29 is 13.2 Å². The van der Waals surface area contributed by atoms with Gasteiger partial charge in [-0.25, -0.2) is 8.42 Å². The Morgan fingerprint density at radius 1 is 1.35 bits per heavy atom. The molecule has 2 rings (SSSR count). The molecule has 20 heavy (non-hydrogen) atoms. The Labute approximate surface area is 127 Å². The molecule has 2 N–H and O–H groups in total. The molecule has 1 heterocycles. The van der Waals surface area contributed by atoms with Crippen LogP contribution in [0, 0.1) is 5.92 Å². The summed E-state index contributed by atoms with van der Waals surface area (Å²) >= 11 is 11.8. The van der Waals surface area contributed by atoms with Crippen molar-refractivity contribution in [2.45, 2.75) is 17.7 Å². The number of benzene rings is 1. The van der Waals surface area contributed by atoms with Crippen molar-refractivity contribution in [1.29, 1.82) is 0 Å². The molecule has 0 spiro atoms. The lowest BCUT2D eigenvalue weighted by atomic mass is 9.99. The molecule has 5 nitrogen and oxygen atoms in total. The normalized spacial score (nSPS) is 20.8. The molecule has 1 amide bonds. The Morgan fingerprint density at radius 3 is 2.70 bits per heavy atom. The molecular weight excluding hydrogens is 323 g/mol.